The molecule has 1 heterocycles. The van der Waals surface area contributed by atoms with Crippen molar-refractivity contribution in [2.75, 3.05) is 11.9 Å². The highest BCUT2D eigenvalue weighted by Crippen LogP contribution is 2.30. The number of hydrogen-bond donors (Lipinski definition) is 1. The van der Waals surface area contributed by atoms with Gasteiger partial charge in [0.15, 0.2) is 5.82 Å². The van der Waals surface area contributed by atoms with Gasteiger partial charge in [-0.15, -0.1) is 0 Å². The molecule has 1 aromatic carbocycles. The van der Waals surface area contributed by atoms with Crippen molar-refractivity contribution in [3.8, 4) is 0 Å². The monoisotopic (exact) mass is 321 g/mol. The minimum Gasteiger partial charge on any atom is -0.385 e. The van der Waals surface area contributed by atoms with Crippen LogP contribution in [0.2, 0.25) is 0 Å². The Balaban J connectivity index is 1.99. The van der Waals surface area contributed by atoms with Crippen LogP contribution in [0.15, 0.2) is 40.1 Å². The van der Waals surface area contributed by atoms with Crippen LogP contribution >= 0.6 is 0 Å². The van der Waals surface area contributed by atoms with Gasteiger partial charge in [0, 0.05) is 18.7 Å². The van der Waals surface area contributed by atoms with E-state index in [0.717, 1.165) is 12.1 Å². The van der Waals surface area contributed by atoms with Gasteiger partial charge in [0.1, 0.15) is 0 Å². The topological polar surface area (TPSA) is 85.1 Å². The fraction of sp³-hybridized carbons (Fsp3) is 0.273. The van der Waals surface area contributed by atoms with Crippen molar-refractivity contribution < 1.29 is 26.1 Å². The maximum atomic E-state index is 12.4. The van der Waals surface area contributed by atoms with Gasteiger partial charge in [0.25, 0.3) is 9.84 Å². The zero-order valence-electron chi connectivity index (χ0n) is 10.5. The smallest absolute Gasteiger partial charge is 0.385 e. The van der Waals surface area contributed by atoms with Crippen molar-refractivity contribution in [1.29, 1.82) is 0 Å². The van der Waals surface area contributed by atoms with Crippen molar-refractivity contribution in [3.05, 3.63) is 36.5 Å². The van der Waals surface area contributed by atoms with Crippen LogP contribution in [-0.4, -0.2) is 30.6 Å². The van der Waals surface area contributed by atoms with Gasteiger partial charge in [-0.05, 0) is 24.3 Å². The second-order valence-corrected chi connectivity index (χ2v) is 5.94. The van der Waals surface area contributed by atoms with Gasteiger partial charge in [0.05, 0.1) is 4.90 Å². The van der Waals surface area contributed by atoms with Crippen molar-refractivity contribution in [1.82, 2.24) is 10.1 Å². The predicted octanol–water partition coefficient (Wildman–Crippen LogP) is 2.02. The number of benzene rings is 1. The molecule has 0 aliphatic carbocycles. The molecule has 10 heteroatoms. The lowest BCUT2D eigenvalue weighted by Crippen LogP contribution is -2.23. The number of halogens is 3. The van der Waals surface area contributed by atoms with Crippen molar-refractivity contribution >= 4 is 15.5 Å². The van der Waals surface area contributed by atoms with Crippen LogP contribution in [-0.2, 0) is 16.3 Å². The zero-order chi connectivity index (χ0) is 15.5. The number of nitrogens with zero attached hydrogens (tertiary/aromatic N) is 2. The van der Waals surface area contributed by atoms with E-state index in [1.165, 1.54) is 18.5 Å². The minimum absolute atomic E-state index is 0.422. The lowest BCUT2D eigenvalue weighted by molar-refractivity contribution is -0.0436. The van der Waals surface area contributed by atoms with Crippen LogP contribution in [0.25, 0.3) is 0 Å². The Morgan fingerprint density at radius 2 is 1.86 bits per heavy atom. The second-order valence-electron chi connectivity index (χ2n) is 4.00. The predicted molar refractivity (Wildman–Crippen MR) is 66.2 cm³/mol. The third-order valence-electron chi connectivity index (χ3n) is 2.55. The Morgan fingerprint density at radius 1 is 1.19 bits per heavy atom. The van der Waals surface area contributed by atoms with E-state index >= 15 is 0 Å². The molecule has 0 aliphatic heterocycles. The Labute approximate surface area is 117 Å². The number of hydrogen-bond acceptors (Lipinski definition) is 6. The molecular formula is C11H10F3N3O3S. The second kappa shape index (κ2) is 5.72. The third kappa shape index (κ3) is 3.51. The third-order valence-corrected chi connectivity index (χ3v) is 4.06. The molecule has 0 radical (unpaired) electrons. The number of alkyl halides is 3. The Bertz CT molecular complexity index is 682. The van der Waals surface area contributed by atoms with Gasteiger partial charge in [-0.3, -0.25) is 0 Å². The van der Waals surface area contributed by atoms with Gasteiger partial charge in [-0.2, -0.15) is 18.2 Å². The lowest BCUT2D eigenvalue weighted by atomic mass is 10.3. The SMILES string of the molecule is O=S(=O)(c1ccc(NCCc2ncon2)cc1)C(F)(F)F. The van der Waals surface area contributed by atoms with E-state index in [-0.39, 0.29) is 0 Å². The normalized spacial score (nSPS) is 12.3. The summed E-state index contributed by atoms with van der Waals surface area (Å²) in [4.78, 5) is 3.01. The van der Waals surface area contributed by atoms with Gasteiger partial charge >= 0.3 is 5.51 Å². The van der Waals surface area contributed by atoms with E-state index in [1.54, 1.807) is 0 Å². The molecule has 2 aromatic rings. The summed E-state index contributed by atoms with van der Waals surface area (Å²) in [5.41, 5.74) is -4.82. The van der Waals surface area contributed by atoms with Crippen LogP contribution in [0.3, 0.4) is 0 Å². The highest BCUT2D eigenvalue weighted by molar-refractivity contribution is 7.92. The largest absolute Gasteiger partial charge is 0.501 e. The van der Waals surface area contributed by atoms with Gasteiger partial charge in [-0.1, -0.05) is 5.16 Å². The molecule has 6 nitrogen and oxygen atoms in total. The minimum atomic E-state index is -5.31. The summed E-state index contributed by atoms with van der Waals surface area (Å²) in [6, 6.07) is 4.32. The maximum Gasteiger partial charge on any atom is 0.501 e. The van der Waals surface area contributed by atoms with E-state index in [9.17, 15) is 21.6 Å². The summed E-state index contributed by atoms with van der Waals surface area (Å²) in [6.45, 7) is 0.422. The number of rotatable bonds is 5. The van der Waals surface area contributed by atoms with Crippen LogP contribution in [0.4, 0.5) is 18.9 Å². The maximum absolute atomic E-state index is 12.4. The van der Waals surface area contributed by atoms with Crippen molar-refractivity contribution in [3.63, 3.8) is 0 Å². The lowest BCUT2D eigenvalue weighted by Gasteiger charge is -2.09. The standard InChI is InChI=1S/C11H10F3N3O3S/c12-11(13,14)21(18,19)9-3-1-8(2-4-9)15-6-5-10-16-7-20-17-10/h1-4,7,15H,5-6H2. The summed E-state index contributed by atoms with van der Waals surface area (Å²) in [6.07, 6.45) is 1.64. The molecule has 0 amide bonds. The Morgan fingerprint density at radius 3 is 2.38 bits per heavy atom. The van der Waals surface area contributed by atoms with Crippen LogP contribution in [0.1, 0.15) is 5.82 Å². The fourth-order valence-corrected chi connectivity index (χ4v) is 2.27. The van der Waals surface area contributed by atoms with Crippen molar-refractivity contribution in [2.45, 2.75) is 16.8 Å². The first-order valence-corrected chi connectivity index (χ1v) is 7.19. The Kier molecular flexibility index (Phi) is 4.16. The summed E-state index contributed by atoms with van der Waals surface area (Å²) >= 11 is 0. The average Bonchev–Trinajstić information content (AvgIpc) is 2.91. The number of nitrogens with one attached hydrogen (secondary N) is 1. The molecule has 0 atom stereocenters. The molecule has 0 saturated carbocycles. The van der Waals surface area contributed by atoms with E-state index < -0.39 is 20.2 Å². The molecule has 0 aliphatic rings. The first-order valence-electron chi connectivity index (χ1n) is 5.71. The first kappa shape index (κ1) is 15.3. The number of anilines is 1. The quantitative estimate of drug-likeness (QED) is 0.907. The van der Waals surface area contributed by atoms with Crippen molar-refractivity contribution in [2.24, 2.45) is 0 Å². The summed E-state index contributed by atoms with van der Waals surface area (Å²) in [5.74, 6) is 0.485. The van der Waals surface area contributed by atoms with Crippen LogP contribution in [0, 0.1) is 0 Å². The first-order chi connectivity index (χ1) is 9.80. The average molecular weight is 321 g/mol. The highest BCUT2D eigenvalue weighted by Gasteiger charge is 2.46. The van der Waals surface area contributed by atoms with Gasteiger partial charge in [0.2, 0.25) is 6.39 Å². The molecule has 0 saturated heterocycles. The molecule has 0 bridgehead atoms. The zero-order valence-corrected chi connectivity index (χ0v) is 11.3. The van der Waals surface area contributed by atoms with Crippen LogP contribution in [0.5, 0.6) is 0 Å². The van der Waals surface area contributed by atoms with E-state index in [4.69, 9.17) is 0 Å². The molecule has 0 fully saturated rings. The van der Waals surface area contributed by atoms with E-state index in [1.807, 2.05) is 0 Å². The summed E-state index contributed by atoms with van der Waals surface area (Å²) in [5, 5.41) is 6.49. The van der Waals surface area contributed by atoms with Gasteiger partial charge < -0.3 is 9.84 Å². The van der Waals surface area contributed by atoms with E-state index in [0.29, 0.717) is 24.5 Å². The molecule has 0 unspecified atom stereocenters. The Hall–Kier alpha value is -2.10. The van der Waals surface area contributed by atoms with Gasteiger partial charge in [-0.25, -0.2) is 8.42 Å². The summed E-state index contributed by atoms with van der Waals surface area (Å²) < 4.78 is 63.9. The molecule has 114 valence electrons. The molecule has 21 heavy (non-hydrogen) atoms. The fourth-order valence-electron chi connectivity index (χ4n) is 1.51. The number of aromatic nitrogens is 2. The summed E-state index contributed by atoms with van der Waals surface area (Å²) in [7, 11) is -5.31. The molecule has 1 aromatic heterocycles. The number of sulfone groups is 1. The molecule has 1 N–H and O–H groups in total. The van der Waals surface area contributed by atoms with E-state index in [2.05, 4.69) is 20.0 Å². The molecule has 2 rings (SSSR count). The molecular weight excluding hydrogens is 311 g/mol. The van der Waals surface area contributed by atoms with Crippen LogP contribution < -0.4 is 5.32 Å². The molecule has 0 spiro atoms. The highest BCUT2D eigenvalue weighted by atomic mass is 32.2.